The fraction of sp³-hybridized carbons (Fsp3) is 0.0435. The van der Waals surface area contributed by atoms with Crippen LogP contribution < -0.4 is 5.56 Å². The first-order valence-electron chi connectivity index (χ1n) is 8.98. The van der Waals surface area contributed by atoms with E-state index in [9.17, 15) is 4.79 Å². The number of aryl methyl sites for hydroxylation is 1. The molecule has 0 aliphatic carbocycles. The van der Waals surface area contributed by atoms with Gasteiger partial charge in [0.15, 0.2) is 0 Å². The van der Waals surface area contributed by atoms with Crippen LogP contribution in [-0.4, -0.2) is 14.0 Å². The van der Waals surface area contributed by atoms with Crippen molar-refractivity contribution < 1.29 is 0 Å². The van der Waals surface area contributed by atoms with Crippen molar-refractivity contribution in [2.45, 2.75) is 6.92 Å². The Kier molecular flexibility index (Phi) is 2.66. The molecule has 0 atom stereocenters. The minimum Gasteiger partial charge on any atom is -0.308 e. The summed E-state index contributed by atoms with van der Waals surface area (Å²) in [5.74, 6) is 0.727. The summed E-state index contributed by atoms with van der Waals surface area (Å²) in [6, 6.07) is 24.4. The maximum absolute atomic E-state index is 13.5. The topological polar surface area (TPSA) is 39.3 Å². The van der Waals surface area contributed by atoms with E-state index >= 15 is 0 Å². The standard InChI is InChI=1S/C23H15N3O/c1-14-24-18-12-7-11-17-21(18)25(14)23(27)20-16-10-5-6-13-19(16)26(22(17)20)15-8-3-2-4-9-15/h2-13H,1H3. The van der Waals surface area contributed by atoms with Gasteiger partial charge < -0.3 is 4.57 Å². The second kappa shape index (κ2) is 4.95. The minimum absolute atomic E-state index is 0.00502. The molecule has 0 amide bonds. The second-order valence-corrected chi connectivity index (χ2v) is 6.88. The maximum atomic E-state index is 13.5. The molecule has 27 heavy (non-hydrogen) atoms. The number of rotatable bonds is 1. The summed E-state index contributed by atoms with van der Waals surface area (Å²) in [6.45, 7) is 1.89. The average Bonchev–Trinajstić information content (AvgIpc) is 3.22. The molecule has 0 aliphatic rings. The van der Waals surface area contributed by atoms with Crippen LogP contribution in [0.4, 0.5) is 0 Å². The van der Waals surface area contributed by atoms with Crippen molar-refractivity contribution in [1.29, 1.82) is 0 Å². The highest BCUT2D eigenvalue weighted by Gasteiger charge is 2.22. The highest BCUT2D eigenvalue weighted by Crippen LogP contribution is 2.35. The molecule has 6 rings (SSSR count). The molecule has 3 aromatic heterocycles. The lowest BCUT2D eigenvalue weighted by Crippen LogP contribution is -2.14. The number of benzene rings is 3. The first-order chi connectivity index (χ1) is 13.3. The highest BCUT2D eigenvalue weighted by molar-refractivity contribution is 6.19. The van der Waals surface area contributed by atoms with Gasteiger partial charge in [0, 0.05) is 16.5 Å². The molecule has 0 saturated carbocycles. The van der Waals surface area contributed by atoms with Crippen LogP contribution in [0.15, 0.2) is 77.6 Å². The van der Waals surface area contributed by atoms with E-state index in [-0.39, 0.29) is 5.56 Å². The van der Waals surface area contributed by atoms with E-state index in [1.54, 1.807) is 4.40 Å². The summed E-state index contributed by atoms with van der Waals surface area (Å²) in [7, 11) is 0. The van der Waals surface area contributed by atoms with Crippen LogP contribution in [0.2, 0.25) is 0 Å². The van der Waals surface area contributed by atoms with E-state index in [0.29, 0.717) is 0 Å². The predicted octanol–water partition coefficient (Wildman–Crippen LogP) is 4.69. The summed E-state index contributed by atoms with van der Waals surface area (Å²) >= 11 is 0. The third-order valence-electron chi connectivity index (χ3n) is 5.41. The van der Waals surface area contributed by atoms with Crippen molar-refractivity contribution in [3.63, 3.8) is 0 Å². The highest BCUT2D eigenvalue weighted by atomic mass is 16.1. The fourth-order valence-electron chi connectivity index (χ4n) is 4.35. The van der Waals surface area contributed by atoms with E-state index < -0.39 is 0 Å². The molecule has 0 saturated heterocycles. The van der Waals surface area contributed by atoms with Crippen LogP contribution in [0, 0.1) is 6.92 Å². The van der Waals surface area contributed by atoms with Crippen LogP contribution in [0.25, 0.3) is 43.9 Å². The maximum Gasteiger partial charge on any atom is 0.266 e. The third kappa shape index (κ3) is 1.72. The van der Waals surface area contributed by atoms with Gasteiger partial charge in [-0.3, -0.25) is 9.20 Å². The quantitative estimate of drug-likeness (QED) is 0.432. The summed E-state index contributed by atoms with van der Waals surface area (Å²) in [6.07, 6.45) is 0. The largest absolute Gasteiger partial charge is 0.308 e. The molecule has 0 spiro atoms. The first-order valence-corrected chi connectivity index (χ1v) is 8.98. The Morgan fingerprint density at radius 3 is 2.37 bits per heavy atom. The van der Waals surface area contributed by atoms with Gasteiger partial charge in [-0.15, -0.1) is 0 Å². The molecular weight excluding hydrogens is 334 g/mol. The number of para-hydroxylation sites is 3. The second-order valence-electron chi connectivity index (χ2n) is 6.88. The summed E-state index contributed by atoms with van der Waals surface area (Å²) in [4.78, 5) is 18.2. The van der Waals surface area contributed by atoms with Gasteiger partial charge in [0.25, 0.3) is 5.56 Å². The van der Waals surface area contributed by atoms with E-state index in [1.807, 2.05) is 55.5 Å². The van der Waals surface area contributed by atoms with Gasteiger partial charge in [-0.2, -0.15) is 0 Å². The van der Waals surface area contributed by atoms with Gasteiger partial charge in [0.1, 0.15) is 5.82 Å². The molecule has 128 valence electrons. The molecule has 0 radical (unpaired) electrons. The Hall–Kier alpha value is -3.66. The van der Waals surface area contributed by atoms with Crippen molar-refractivity contribution in [3.8, 4) is 5.69 Å². The van der Waals surface area contributed by atoms with E-state index in [0.717, 1.165) is 49.7 Å². The van der Waals surface area contributed by atoms with Gasteiger partial charge in [-0.1, -0.05) is 48.5 Å². The predicted molar refractivity (Wildman–Crippen MR) is 109 cm³/mol. The Bertz CT molecular complexity index is 1540. The third-order valence-corrected chi connectivity index (χ3v) is 5.41. The molecule has 4 nitrogen and oxygen atoms in total. The summed E-state index contributed by atoms with van der Waals surface area (Å²) < 4.78 is 3.96. The van der Waals surface area contributed by atoms with E-state index in [1.165, 1.54) is 0 Å². The van der Waals surface area contributed by atoms with Crippen LogP contribution in [-0.2, 0) is 0 Å². The van der Waals surface area contributed by atoms with Crippen LogP contribution in [0.3, 0.4) is 0 Å². The number of nitrogens with zero attached hydrogens (tertiary/aromatic N) is 3. The van der Waals surface area contributed by atoms with Gasteiger partial charge in [0.2, 0.25) is 0 Å². The van der Waals surface area contributed by atoms with Gasteiger partial charge in [-0.05, 0) is 31.2 Å². The summed E-state index contributed by atoms with van der Waals surface area (Å²) in [5, 5.41) is 2.76. The van der Waals surface area contributed by atoms with Crippen LogP contribution >= 0.6 is 0 Å². The van der Waals surface area contributed by atoms with Crippen LogP contribution in [0.5, 0.6) is 0 Å². The van der Waals surface area contributed by atoms with Crippen molar-refractivity contribution in [3.05, 3.63) is 89.0 Å². The Morgan fingerprint density at radius 1 is 0.778 bits per heavy atom. The molecule has 3 heterocycles. The molecule has 0 fully saturated rings. The SMILES string of the molecule is Cc1nc2cccc3c4c(c(=O)n1c23)c1ccccc1n4-c1ccccc1. The molecule has 0 bridgehead atoms. The lowest BCUT2D eigenvalue weighted by atomic mass is 10.1. The molecule has 6 aromatic rings. The van der Waals surface area contributed by atoms with Crippen molar-refractivity contribution in [1.82, 2.24) is 14.0 Å². The van der Waals surface area contributed by atoms with E-state index in [4.69, 9.17) is 0 Å². The lowest BCUT2D eigenvalue weighted by Gasteiger charge is -2.09. The molecule has 0 N–H and O–H groups in total. The number of pyridine rings is 1. The first kappa shape index (κ1) is 14.5. The number of fused-ring (bicyclic) bond motifs is 4. The number of aromatic nitrogens is 3. The van der Waals surface area contributed by atoms with E-state index in [2.05, 4.69) is 33.8 Å². The van der Waals surface area contributed by atoms with Crippen molar-refractivity contribution in [2.75, 3.05) is 0 Å². The molecule has 4 heteroatoms. The minimum atomic E-state index is -0.00502. The summed E-state index contributed by atoms with van der Waals surface area (Å²) in [5.41, 5.74) is 4.78. The number of hydrogen-bond donors (Lipinski definition) is 0. The molecule has 0 aliphatic heterocycles. The zero-order chi connectivity index (χ0) is 18.1. The van der Waals surface area contributed by atoms with Gasteiger partial charge in [0.05, 0.1) is 27.5 Å². The Morgan fingerprint density at radius 2 is 1.52 bits per heavy atom. The Labute approximate surface area is 154 Å². The van der Waals surface area contributed by atoms with Gasteiger partial charge in [-0.25, -0.2) is 4.98 Å². The van der Waals surface area contributed by atoms with Gasteiger partial charge >= 0.3 is 0 Å². The zero-order valence-electron chi connectivity index (χ0n) is 14.7. The smallest absolute Gasteiger partial charge is 0.266 e. The number of hydrogen-bond acceptors (Lipinski definition) is 2. The van der Waals surface area contributed by atoms with Crippen LogP contribution in [0.1, 0.15) is 5.82 Å². The molecular formula is C23H15N3O. The normalized spacial score (nSPS) is 12.0. The Balaban J connectivity index is 2.03. The molecule has 3 aromatic carbocycles. The monoisotopic (exact) mass is 349 g/mol. The van der Waals surface area contributed by atoms with Crippen molar-refractivity contribution in [2.24, 2.45) is 0 Å². The molecule has 0 unspecified atom stereocenters. The fourth-order valence-corrected chi connectivity index (χ4v) is 4.35. The number of imidazole rings is 1. The van der Waals surface area contributed by atoms with Crippen molar-refractivity contribution >= 4 is 38.2 Å². The zero-order valence-corrected chi connectivity index (χ0v) is 14.7. The average molecular weight is 349 g/mol. The lowest BCUT2D eigenvalue weighted by molar-refractivity contribution is 1.02.